The van der Waals surface area contributed by atoms with Gasteiger partial charge in [0.2, 0.25) is 5.91 Å². The number of hydrogen-bond donors (Lipinski definition) is 3. The molecule has 2 heterocycles. The number of rotatable bonds is 5. The fraction of sp³-hybridized carbons (Fsp3) is 0.536. The van der Waals surface area contributed by atoms with Crippen molar-refractivity contribution in [3.05, 3.63) is 56.7 Å². The second-order valence-electron chi connectivity index (χ2n) is 11.3. The number of nitrogens with one attached hydrogen (secondary N) is 1. The number of carbonyl (C=O) groups is 1. The zero-order valence-corrected chi connectivity index (χ0v) is 21.8. The molecule has 0 aromatic heterocycles. The average Bonchev–Trinajstić information content (AvgIpc) is 3.56. The van der Waals surface area contributed by atoms with E-state index in [2.05, 4.69) is 32.8 Å². The molecule has 6 nitrogen and oxygen atoms in total. The van der Waals surface area contributed by atoms with Crippen LogP contribution in [0.1, 0.15) is 48.8 Å². The number of phenolic OH excluding ortho intramolecular Hbond substituents is 1. The van der Waals surface area contributed by atoms with Gasteiger partial charge in [-0.2, -0.15) is 0 Å². The molecule has 3 aliphatic carbocycles. The number of nitrogens with zero attached hydrogens (tertiary/aromatic N) is 1. The maximum Gasteiger partial charge on any atom is 0.224 e. The molecule has 7 heteroatoms. The number of aromatic hydroxyl groups is 1. The number of carbonyl (C=O) groups excluding carboxylic acids is 1. The molecule has 2 unspecified atom stereocenters. The lowest BCUT2D eigenvalue weighted by Crippen LogP contribution is -2.78. The Balaban J connectivity index is 1.24. The van der Waals surface area contributed by atoms with Crippen molar-refractivity contribution in [2.45, 2.75) is 74.1 Å². The molecule has 1 spiro atoms. The van der Waals surface area contributed by atoms with Crippen LogP contribution in [0.15, 0.2) is 36.4 Å². The standard InChI is InChI=1S/C28H31IN2O4/c29-19-3-1-2-17(12-19)13-23(33)30-20-8-9-28(34)22-14-18-6-7-21(32)25-24(18)27(28,26(20)35-25)10-11-31(22)15-16-4-5-16/h1-3,6-7,12,16,20,22,26,32,34H,4-5,8-11,13-15H2,(H,30,33)/t20-,22?,26?,27+,28-/m1/s1. The first-order valence-corrected chi connectivity index (χ1v) is 14.0. The fourth-order valence-electron chi connectivity index (χ4n) is 7.72. The smallest absolute Gasteiger partial charge is 0.224 e. The van der Waals surface area contributed by atoms with Gasteiger partial charge in [-0.05, 0) is 103 Å². The number of phenols is 1. The number of benzene rings is 2. The second-order valence-corrected chi connectivity index (χ2v) is 12.6. The molecule has 3 fully saturated rings. The van der Waals surface area contributed by atoms with Gasteiger partial charge in [0, 0.05) is 21.7 Å². The molecule has 2 aromatic rings. The summed E-state index contributed by atoms with van der Waals surface area (Å²) in [5, 5.41) is 26.5. The number of hydrogen-bond acceptors (Lipinski definition) is 5. The summed E-state index contributed by atoms with van der Waals surface area (Å²) in [6, 6.07) is 11.6. The van der Waals surface area contributed by atoms with Crippen LogP contribution in [0.5, 0.6) is 11.5 Å². The van der Waals surface area contributed by atoms with Gasteiger partial charge in [-0.25, -0.2) is 0 Å². The molecule has 2 aliphatic heterocycles. The Bertz CT molecular complexity index is 1220. The summed E-state index contributed by atoms with van der Waals surface area (Å²) in [7, 11) is 0. The number of amides is 1. The van der Waals surface area contributed by atoms with E-state index in [1.165, 1.54) is 18.4 Å². The van der Waals surface area contributed by atoms with Crippen LogP contribution in [0.2, 0.25) is 0 Å². The first-order valence-electron chi connectivity index (χ1n) is 12.9. The summed E-state index contributed by atoms with van der Waals surface area (Å²) >= 11 is 2.26. The first-order chi connectivity index (χ1) is 16.9. The Morgan fingerprint density at radius 2 is 2.06 bits per heavy atom. The minimum absolute atomic E-state index is 0.0265. The zero-order valence-electron chi connectivity index (χ0n) is 19.7. The molecule has 3 N–H and O–H groups in total. The maximum atomic E-state index is 13.1. The van der Waals surface area contributed by atoms with Crippen molar-refractivity contribution in [2.24, 2.45) is 5.92 Å². The summed E-state index contributed by atoms with van der Waals surface area (Å²) in [6.45, 7) is 1.98. The molecular weight excluding hydrogens is 555 g/mol. The van der Waals surface area contributed by atoms with Crippen molar-refractivity contribution in [1.82, 2.24) is 10.2 Å². The topological polar surface area (TPSA) is 82.0 Å². The van der Waals surface area contributed by atoms with E-state index >= 15 is 0 Å². The Kier molecular flexibility index (Phi) is 5.00. The molecule has 2 bridgehead atoms. The zero-order chi connectivity index (χ0) is 23.9. The highest BCUT2D eigenvalue weighted by atomic mass is 127. The van der Waals surface area contributed by atoms with Crippen molar-refractivity contribution in [1.29, 1.82) is 0 Å². The van der Waals surface area contributed by atoms with Crippen LogP contribution in [0.25, 0.3) is 0 Å². The molecule has 1 amide bonds. The van der Waals surface area contributed by atoms with Crippen molar-refractivity contribution >= 4 is 28.5 Å². The normalized spacial score (nSPS) is 34.7. The maximum absolute atomic E-state index is 13.1. The van der Waals surface area contributed by atoms with Crippen LogP contribution >= 0.6 is 22.6 Å². The summed E-state index contributed by atoms with van der Waals surface area (Å²) in [5.41, 5.74) is 1.65. The Morgan fingerprint density at radius 1 is 1.20 bits per heavy atom. The minimum atomic E-state index is -0.923. The predicted molar refractivity (Wildman–Crippen MR) is 140 cm³/mol. The lowest BCUT2D eigenvalue weighted by atomic mass is 9.48. The highest BCUT2D eigenvalue weighted by Gasteiger charge is 2.73. The molecule has 7 rings (SSSR count). The van der Waals surface area contributed by atoms with Crippen molar-refractivity contribution in [3.63, 3.8) is 0 Å². The molecule has 0 radical (unpaired) electrons. The number of likely N-dealkylation sites (tertiary alicyclic amines) is 1. The molecule has 5 aliphatic rings. The van der Waals surface area contributed by atoms with E-state index in [1.54, 1.807) is 6.07 Å². The third-order valence-electron chi connectivity index (χ3n) is 9.36. The van der Waals surface area contributed by atoms with Gasteiger partial charge in [0.15, 0.2) is 11.5 Å². The average molecular weight is 586 g/mol. The molecule has 2 saturated carbocycles. The highest BCUT2D eigenvalue weighted by molar-refractivity contribution is 14.1. The van der Waals surface area contributed by atoms with Gasteiger partial charge in [0.25, 0.3) is 0 Å². The van der Waals surface area contributed by atoms with E-state index in [-0.39, 0.29) is 29.8 Å². The van der Waals surface area contributed by atoms with Crippen LogP contribution in [0.4, 0.5) is 0 Å². The number of ether oxygens (including phenoxy) is 1. The van der Waals surface area contributed by atoms with E-state index in [0.29, 0.717) is 25.0 Å². The van der Waals surface area contributed by atoms with Gasteiger partial charge < -0.3 is 20.3 Å². The van der Waals surface area contributed by atoms with Crippen molar-refractivity contribution < 1.29 is 19.7 Å². The largest absolute Gasteiger partial charge is 0.504 e. The van der Waals surface area contributed by atoms with Crippen molar-refractivity contribution in [3.8, 4) is 11.5 Å². The third kappa shape index (κ3) is 3.23. The first kappa shape index (κ1) is 22.4. The second kappa shape index (κ2) is 7.83. The summed E-state index contributed by atoms with van der Waals surface area (Å²) < 4.78 is 7.65. The van der Waals surface area contributed by atoms with E-state index in [9.17, 15) is 15.0 Å². The van der Waals surface area contributed by atoms with E-state index in [4.69, 9.17) is 4.74 Å². The third-order valence-corrected chi connectivity index (χ3v) is 10.0. The Hall–Kier alpha value is -1.84. The van der Waals surface area contributed by atoms with Gasteiger partial charge in [-0.1, -0.05) is 18.2 Å². The minimum Gasteiger partial charge on any atom is -0.504 e. The molecule has 1 saturated heterocycles. The summed E-state index contributed by atoms with van der Waals surface area (Å²) in [5.74, 6) is 1.40. The fourth-order valence-corrected chi connectivity index (χ4v) is 8.33. The van der Waals surface area contributed by atoms with E-state index in [0.717, 1.165) is 46.5 Å². The molecule has 2 aromatic carbocycles. The number of halogens is 1. The Morgan fingerprint density at radius 3 is 2.86 bits per heavy atom. The quantitative estimate of drug-likeness (QED) is 0.469. The molecule has 184 valence electrons. The molecular formula is C28H31IN2O4. The lowest BCUT2D eigenvalue weighted by Gasteiger charge is -2.64. The highest BCUT2D eigenvalue weighted by Crippen LogP contribution is 2.65. The van der Waals surface area contributed by atoms with Gasteiger partial charge >= 0.3 is 0 Å². The number of aliphatic hydroxyl groups is 1. The summed E-state index contributed by atoms with van der Waals surface area (Å²) in [6.07, 6.45) is 5.38. The monoisotopic (exact) mass is 586 g/mol. The van der Waals surface area contributed by atoms with Crippen LogP contribution in [0.3, 0.4) is 0 Å². The summed E-state index contributed by atoms with van der Waals surface area (Å²) in [4.78, 5) is 15.7. The van der Waals surface area contributed by atoms with Gasteiger partial charge in [0.05, 0.1) is 23.5 Å². The van der Waals surface area contributed by atoms with Crippen molar-refractivity contribution in [2.75, 3.05) is 13.1 Å². The van der Waals surface area contributed by atoms with Gasteiger partial charge in [-0.15, -0.1) is 0 Å². The SMILES string of the molecule is O=C(Cc1cccc(I)c1)N[C@@H]1CC[C@@]2(O)C3Cc4ccc(O)c5c4[C@@]2(CCN3CC2CC2)C1O5. The molecule has 5 atom stereocenters. The van der Waals surface area contributed by atoms with Crippen LogP contribution in [-0.4, -0.2) is 57.9 Å². The Labute approximate surface area is 219 Å². The predicted octanol–water partition coefficient (Wildman–Crippen LogP) is 3.29. The van der Waals surface area contributed by atoms with Gasteiger partial charge in [0.1, 0.15) is 6.10 Å². The van der Waals surface area contributed by atoms with Gasteiger partial charge in [-0.3, -0.25) is 9.69 Å². The van der Waals surface area contributed by atoms with Crippen LogP contribution in [-0.2, 0) is 23.1 Å². The van der Waals surface area contributed by atoms with E-state index in [1.807, 2.05) is 30.3 Å². The lowest BCUT2D eigenvalue weighted by molar-refractivity contribution is -0.192. The van der Waals surface area contributed by atoms with Crippen LogP contribution in [0, 0.1) is 9.49 Å². The number of piperidine rings is 1. The van der Waals surface area contributed by atoms with E-state index < -0.39 is 11.0 Å². The van der Waals surface area contributed by atoms with Crippen LogP contribution < -0.4 is 10.1 Å². The molecule has 35 heavy (non-hydrogen) atoms.